The molecule has 1 saturated heterocycles. The normalized spacial score (nSPS) is 14.6. The fourth-order valence-electron chi connectivity index (χ4n) is 3.74. The first-order valence-electron chi connectivity index (χ1n) is 9.69. The van der Waals surface area contributed by atoms with Gasteiger partial charge in [-0.2, -0.15) is 0 Å². The molecule has 1 aliphatic heterocycles. The first kappa shape index (κ1) is 19.3. The molecule has 3 aromatic rings. The zero-order valence-electron chi connectivity index (χ0n) is 16.3. The van der Waals surface area contributed by atoms with Gasteiger partial charge in [-0.05, 0) is 41.3 Å². The van der Waals surface area contributed by atoms with Crippen molar-refractivity contribution in [3.8, 4) is 5.75 Å². The minimum Gasteiger partial charge on any atom is -0.496 e. The van der Waals surface area contributed by atoms with Crippen molar-refractivity contribution in [1.29, 1.82) is 0 Å². The highest BCUT2D eigenvalue weighted by Gasteiger charge is 2.20. The fourth-order valence-corrected chi connectivity index (χ4v) is 3.93. The summed E-state index contributed by atoms with van der Waals surface area (Å²) in [7, 11) is 1.67. The number of hydrogen-bond acceptors (Lipinski definition) is 3. The van der Waals surface area contributed by atoms with Crippen LogP contribution in [0.4, 0.5) is 5.69 Å². The number of piperazine rings is 1. The van der Waals surface area contributed by atoms with E-state index in [1.165, 1.54) is 0 Å². The Hall–Kier alpha value is -2.98. The highest BCUT2D eigenvalue weighted by atomic mass is 35.5. The number of nitrogens with zero attached hydrogens (tertiary/aromatic N) is 2. The van der Waals surface area contributed by atoms with Gasteiger partial charge in [-0.15, -0.1) is 0 Å². The first-order chi connectivity index (χ1) is 14.2. The lowest BCUT2D eigenvalue weighted by atomic mass is 10.0. The Balaban J connectivity index is 1.44. The van der Waals surface area contributed by atoms with E-state index in [1.54, 1.807) is 13.2 Å². The van der Waals surface area contributed by atoms with Crippen molar-refractivity contribution in [2.45, 2.75) is 0 Å². The molecule has 0 unspecified atom stereocenters. The maximum atomic E-state index is 12.7. The van der Waals surface area contributed by atoms with Crippen LogP contribution < -0.4 is 9.64 Å². The zero-order chi connectivity index (χ0) is 20.2. The number of methoxy groups -OCH3 is 1. The van der Waals surface area contributed by atoms with Crippen LogP contribution in [0.1, 0.15) is 5.56 Å². The van der Waals surface area contributed by atoms with Crippen LogP contribution in [0.3, 0.4) is 0 Å². The van der Waals surface area contributed by atoms with E-state index in [-0.39, 0.29) is 5.91 Å². The number of anilines is 1. The standard InChI is InChI=1S/C24H23ClN2O2/c1-29-23-11-9-18(21-7-2-3-8-22(21)23)10-12-24(28)27-15-13-26(14-16-27)20-6-4-5-19(25)17-20/h2-12,17H,13-16H2,1H3. The molecule has 1 heterocycles. The second-order valence-corrected chi connectivity index (χ2v) is 7.46. The Kier molecular flexibility index (Phi) is 5.72. The number of halogens is 1. The summed E-state index contributed by atoms with van der Waals surface area (Å²) in [5, 5.41) is 2.84. The molecule has 0 aromatic heterocycles. The summed E-state index contributed by atoms with van der Waals surface area (Å²) in [5.74, 6) is 0.872. The number of hydrogen-bond donors (Lipinski definition) is 0. The molecule has 0 atom stereocenters. The molecule has 3 aromatic carbocycles. The summed E-state index contributed by atoms with van der Waals surface area (Å²) in [6.45, 7) is 2.98. The summed E-state index contributed by atoms with van der Waals surface area (Å²) in [5.41, 5.74) is 2.11. The van der Waals surface area contributed by atoms with E-state index in [1.807, 2.05) is 65.6 Å². The molecule has 0 radical (unpaired) electrons. The number of fused-ring (bicyclic) bond motifs is 1. The third-order valence-corrected chi connectivity index (χ3v) is 5.54. The monoisotopic (exact) mass is 406 g/mol. The molecule has 5 heteroatoms. The van der Waals surface area contributed by atoms with Gasteiger partial charge in [0.05, 0.1) is 7.11 Å². The fraction of sp³-hybridized carbons (Fsp3) is 0.208. The SMILES string of the molecule is COc1ccc(C=CC(=O)N2CCN(c3cccc(Cl)c3)CC2)c2ccccc12. The third-order valence-electron chi connectivity index (χ3n) is 5.31. The maximum Gasteiger partial charge on any atom is 0.246 e. The van der Waals surface area contributed by atoms with Crippen molar-refractivity contribution in [3.63, 3.8) is 0 Å². The molecule has 4 rings (SSSR count). The predicted octanol–water partition coefficient (Wildman–Crippen LogP) is 4.86. The Morgan fingerprint density at radius 3 is 2.45 bits per heavy atom. The summed E-state index contributed by atoms with van der Waals surface area (Å²) in [6, 6.07) is 19.8. The molecule has 0 bridgehead atoms. The summed E-state index contributed by atoms with van der Waals surface area (Å²) >= 11 is 6.09. The molecule has 0 spiro atoms. The molecule has 0 aliphatic carbocycles. The van der Waals surface area contributed by atoms with Gasteiger partial charge >= 0.3 is 0 Å². The lowest BCUT2D eigenvalue weighted by molar-refractivity contribution is -0.126. The van der Waals surface area contributed by atoms with Crippen molar-refractivity contribution in [1.82, 2.24) is 4.90 Å². The van der Waals surface area contributed by atoms with Gasteiger partial charge in [0.15, 0.2) is 0 Å². The highest BCUT2D eigenvalue weighted by molar-refractivity contribution is 6.30. The van der Waals surface area contributed by atoms with Gasteiger partial charge in [-0.1, -0.05) is 48.0 Å². The number of carbonyl (C=O) groups is 1. The van der Waals surface area contributed by atoms with Crippen LogP contribution in [0.2, 0.25) is 5.02 Å². The van der Waals surface area contributed by atoms with E-state index < -0.39 is 0 Å². The molecule has 0 N–H and O–H groups in total. The Labute approximate surface area is 175 Å². The summed E-state index contributed by atoms with van der Waals surface area (Å²) in [4.78, 5) is 16.9. The van der Waals surface area contributed by atoms with Crippen molar-refractivity contribution in [3.05, 3.63) is 77.3 Å². The van der Waals surface area contributed by atoms with E-state index in [4.69, 9.17) is 16.3 Å². The number of benzene rings is 3. The molecule has 29 heavy (non-hydrogen) atoms. The average Bonchev–Trinajstić information content (AvgIpc) is 2.77. The van der Waals surface area contributed by atoms with Crippen molar-refractivity contribution in [2.24, 2.45) is 0 Å². The van der Waals surface area contributed by atoms with Crippen LogP contribution in [0, 0.1) is 0 Å². The van der Waals surface area contributed by atoms with Crippen molar-refractivity contribution < 1.29 is 9.53 Å². The maximum absolute atomic E-state index is 12.7. The lowest BCUT2D eigenvalue weighted by Gasteiger charge is -2.35. The van der Waals surface area contributed by atoms with Crippen LogP contribution >= 0.6 is 11.6 Å². The first-order valence-corrected chi connectivity index (χ1v) is 10.1. The molecular weight excluding hydrogens is 384 g/mol. The van der Waals surface area contributed by atoms with Gasteiger partial charge in [0.2, 0.25) is 5.91 Å². The summed E-state index contributed by atoms with van der Waals surface area (Å²) < 4.78 is 5.44. The second kappa shape index (κ2) is 8.58. The summed E-state index contributed by atoms with van der Waals surface area (Å²) in [6.07, 6.45) is 3.57. The second-order valence-electron chi connectivity index (χ2n) is 7.03. The van der Waals surface area contributed by atoms with Crippen molar-refractivity contribution in [2.75, 3.05) is 38.2 Å². The van der Waals surface area contributed by atoms with Gasteiger partial charge in [-0.25, -0.2) is 0 Å². The van der Waals surface area contributed by atoms with Crippen LogP contribution in [-0.2, 0) is 4.79 Å². The minimum atomic E-state index is 0.0376. The number of rotatable bonds is 4. The molecule has 4 nitrogen and oxygen atoms in total. The predicted molar refractivity (Wildman–Crippen MR) is 120 cm³/mol. The highest BCUT2D eigenvalue weighted by Crippen LogP contribution is 2.29. The third kappa shape index (κ3) is 4.22. The number of carbonyl (C=O) groups excluding carboxylic acids is 1. The van der Waals surface area contributed by atoms with E-state index in [2.05, 4.69) is 11.0 Å². The van der Waals surface area contributed by atoms with Gasteiger partial charge in [-0.3, -0.25) is 4.79 Å². The van der Waals surface area contributed by atoms with E-state index in [9.17, 15) is 4.79 Å². The Morgan fingerprint density at radius 1 is 0.966 bits per heavy atom. The zero-order valence-corrected chi connectivity index (χ0v) is 17.1. The van der Waals surface area contributed by atoms with Gasteiger partial charge in [0.1, 0.15) is 5.75 Å². The minimum absolute atomic E-state index is 0.0376. The molecular formula is C24H23ClN2O2. The quantitative estimate of drug-likeness (QED) is 0.580. The largest absolute Gasteiger partial charge is 0.496 e. The van der Waals surface area contributed by atoms with Gasteiger partial charge in [0, 0.05) is 48.4 Å². The lowest BCUT2D eigenvalue weighted by Crippen LogP contribution is -2.48. The average molecular weight is 407 g/mol. The van der Waals surface area contributed by atoms with Crippen LogP contribution in [0.15, 0.2) is 66.7 Å². The van der Waals surface area contributed by atoms with Crippen molar-refractivity contribution >= 4 is 40.0 Å². The van der Waals surface area contributed by atoms with E-state index >= 15 is 0 Å². The Bertz CT molecular complexity index is 1060. The van der Waals surface area contributed by atoms with E-state index in [0.29, 0.717) is 13.1 Å². The molecule has 1 fully saturated rings. The van der Waals surface area contributed by atoms with Crippen LogP contribution in [0.25, 0.3) is 16.8 Å². The smallest absolute Gasteiger partial charge is 0.246 e. The molecule has 0 saturated carbocycles. The molecule has 148 valence electrons. The van der Waals surface area contributed by atoms with E-state index in [0.717, 1.165) is 45.9 Å². The molecule has 1 aliphatic rings. The topological polar surface area (TPSA) is 32.8 Å². The Morgan fingerprint density at radius 2 is 1.72 bits per heavy atom. The number of amides is 1. The van der Waals surface area contributed by atoms with Gasteiger partial charge in [0.25, 0.3) is 0 Å². The van der Waals surface area contributed by atoms with Crippen LogP contribution in [0.5, 0.6) is 5.75 Å². The number of ether oxygens (including phenoxy) is 1. The van der Waals surface area contributed by atoms with Crippen LogP contribution in [-0.4, -0.2) is 44.1 Å². The van der Waals surface area contributed by atoms with Gasteiger partial charge < -0.3 is 14.5 Å². The molecule has 1 amide bonds.